The standard InChI is InChI=1S/C21H20Cl2N2O/c22-16-9-15(10-17(23)12-16)21(26)25-8-4-3-6-19(25)13-18-11-14-5-1-2-7-20(14)24-18/h1-2,5,7,9-12,19,24H,3-4,6,8,13H2. The summed E-state index contributed by atoms with van der Waals surface area (Å²) < 4.78 is 0. The van der Waals surface area contributed by atoms with E-state index in [1.165, 1.54) is 11.1 Å². The van der Waals surface area contributed by atoms with Crippen LogP contribution in [-0.4, -0.2) is 28.4 Å². The molecule has 1 aromatic heterocycles. The Labute approximate surface area is 162 Å². The molecule has 0 saturated carbocycles. The molecule has 1 aliphatic heterocycles. The van der Waals surface area contributed by atoms with Gasteiger partial charge >= 0.3 is 0 Å². The number of aromatic amines is 1. The number of piperidine rings is 1. The Morgan fingerprint density at radius 2 is 1.85 bits per heavy atom. The van der Waals surface area contributed by atoms with Gasteiger partial charge in [0.25, 0.3) is 5.91 Å². The first-order valence-electron chi connectivity index (χ1n) is 8.94. The number of hydrogen-bond donors (Lipinski definition) is 1. The SMILES string of the molecule is O=C(c1cc(Cl)cc(Cl)c1)N1CCCCC1Cc1cc2ccccc2[nH]1. The molecule has 0 bridgehead atoms. The largest absolute Gasteiger partial charge is 0.358 e. The smallest absolute Gasteiger partial charge is 0.254 e. The molecule has 1 fully saturated rings. The second-order valence-electron chi connectivity index (χ2n) is 6.89. The summed E-state index contributed by atoms with van der Waals surface area (Å²) in [5, 5.41) is 2.19. The second-order valence-corrected chi connectivity index (χ2v) is 7.77. The van der Waals surface area contributed by atoms with Crippen molar-refractivity contribution in [3.8, 4) is 0 Å². The van der Waals surface area contributed by atoms with Crippen molar-refractivity contribution in [2.45, 2.75) is 31.7 Å². The van der Waals surface area contributed by atoms with Crippen LogP contribution in [0.4, 0.5) is 0 Å². The number of hydrogen-bond acceptors (Lipinski definition) is 1. The molecule has 0 aliphatic carbocycles. The molecule has 0 spiro atoms. The monoisotopic (exact) mass is 386 g/mol. The molecule has 1 amide bonds. The number of aromatic nitrogens is 1. The number of carbonyl (C=O) groups is 1. The minimum Gasteiger partial charge on any atom is -0.358 e. The molecule has 26 heavy (non-hydrogen) atoms. The first-order chi connectivity index (χ1) is 12.6. The minimum atomic E-state index is 0.00945. The van der Waals surface area contributed by atoms with Crippen molar-refractivity contribution in [3.05, 3.63) is 69.8 Å². The van der Waals surface area contributed by atoms with Crippen LogP contribution in [0, 0.1) is 0 Å². The van der Waals surface area contributed by atoms with Crippen LogP contribution in [-0.2, 0) is 6.42 Å². The Bertz CT molecular complexity index is 897. The summed E-state index contributed by atoms with van der Waals surface area (Å²) in [5.41, 5.74) is 2.86. The van der Waals surface area contributed by atoms with E-state index in [4.69, 9.17) is 23.2 Å². The molecule has 1 saturated heterocycles. The van der Waals surface area contributed by atoms with Crippen molar-refractivity contribution in [3.63, 3.8) is 0 Å². The van der Waals surface area contributed by atoms with Crippen molar-refractivity contribution in [1.29, 1.82) is 0 Å². The quantitative estimate of drug-likeness (QED) is 0.614. The molecule has 1 unspecified atom stereocenters. The summed E-state index contributed by atoms with van der Waals surface area (Å²) in [6, 6.07) is 15.7. The van der Waals surface area contributed by atoms with Gasteiger partial charge in [-0.3, -0.25) is 4.79 Å². The Morgan fingerprint density at radius 3 is 2.62 bits per heavy atom. The fraction of sp³-hybridized carbons (Fsp3) is 0.286. The lowest BCUT2D eigenvalue weighted by Gasteiger charge is -2.36. The normalized spacial score (nSPS) is 17.6. The zero-order chi connectivity index (χ0) is 18.1. The predicted molar refractivity (Wildman–Crippen MR) is 107 cm³/mol. The van der Waals surface area contributed by atoms with Crippen LogP contribution in [0.5, 0.6) is 0 Å². The fourth-order valence-electron chi connectivity index (χ4n) is 3.82. The molecule has 1 N–H and O–H groups in total. The van der Waals surface area contributed by atoms with Gasteiger partial charge in [-0.1, -0.05) is 41.4 Å². The molecule has 3 nitrogen and oxygen atoms in total. The maximum Gasteiger partial charge on any atom is 0.254 e. The number of likely N-dealkylation sites (tertiary alicyclic amines) is 1. The number of carbonyl (C=O) groups excluding carboxylic acids is 1. The number of amides is 1. The van der Waals surface area contributed by atoms with Crippen LogP contribution in [0.3, 0.4) is 0 Å². The topological polar surface area (TPSA) is 36.1 Å². The van der Waals surface area contributed by atoms with Crippen LogP contribution >= 0.6 is 23.2 Å². The lowest BCUT2D eigenvalue weighted by atomic mass is 9.97. The zero-order valence-corrected chi connectivity index (χ0v) is 15.9. The summed E-state index contributed by atoms with van der Waals surface area (Å²) in [6.45, 7) is 0.772. The summed E-state index contributed by atoms with van der Waals surface area (Å²) in [5.74, 6) is 0.00945. The number of halogens is 2. The van der Waals surface area contributed by atoms with Gasteiger partial charge in [0.1, 0.15) is 0 Å². The molecule has 1 aliphatic rings. The highest BCUT2D eigenvalue weighted by atomic mass is 35.5. The molecule has 4 rings (SSSR count). The number of para-hydroxylation sites is 1. The maximum absolute atomic E-state index is 13.1. The summed E-state index contributed by atoms with van der Waals surface area (Å²) in [6.07, 6.45) is 4.01. The van der Waals surface area contributed by atoms with Gasteiger partial charge in [0.2, 0.25) is 0 Å². The third kappa shape index (κ3) is 3.60. The predicted octanol–water partition coefficient (Wildman–Crippen LogP) is 5.71. The van der Waals surface area contributed by atoms with Crippen LogP contribution in [0.2, 0.25) is 10.0 Å². The van der Waals surface area contributed by atoms with E-state index in [1.807, 2.05) is 17.0 Å². The number of nitrogens with zero attached hydrogens (tertiary/aromatic N) is 1. The van der Waals surface area contributed by atoms with Crippen molar-refractivity contribution in [2.24, 2.45) is 0 Å². The second kappa shape index (κ2) is 7.34. The highest BCUT2D eigenvalue weighted by Crippen LogP contribution is 2.26. The van der Waals surface area contributed by atoms with E-state index in [-0.39, 0.29) is 11.9 Å². The Balaban J connectivity index is 1.58. The first-order valence-corrected chi connectivity index (χ1v) is 9.69. The van der Waals surface area contributed by atoms with Crippen molar-refractivity contribution >= 4 is 40.0 Å². The molecule has 134 valence electrons. The molecule has 0 radical (unpaired) electrons. The van der Waals surface area contributed by atoms with Gasteiger partial charge < -0.3 is 9.88 Å². The third-order valence-electron chi connectivity index (χ3n) is 5.04. The molecule has 2 aromatic carbocycles. The molecule has 3 aromatic rings. The highest BCUT2D eigenvalue weighted by Gasteiger charge is 2.28. The van der Waals surface area contributed by atoms with Gasteiger partial charge in [0.15, 0.2) is 0 Å². The lowest BCUT2D eigenvalue weighted by molar-refractivity contribution is 0.0612. The van der Waals surface area contributed by atoms with E-state index >= 15 is 0 Å². The summed E-state index contributed by atoms with van der Waals surface area (Å²) in [7, 11) is 0. The number of rotatable bonds is 3. The van der Waals surface area contributed by atoms with Crippen LogP contribution < -0.4 is 0 Å². The van der Waals surface area contributed by atoms with E-state index in [0.717, 1.165) is 37.7 Å². The van der Waals surface area contributed by atoms with Crippen molar-refractivity contribution in [2.75, 3.05) is 6.54 Å². The molecule has 2 heterocycles. The number of H-pyrrole nitrogens is 1. The Kier molecular flexibility index (Phi) is 4.92. The van der Waals surface area contributed by atoms with Crippen molar-refractivity contribution < 1.29 is 4.79 Å². The Morgan fingerprint density at radius 1 is 1.08 bits per heavy atom. The highest BCUT2D eigenvalue weighted by molar-refractivity contribution is 6.35. The number of nitrogens with one attached hydrogen (secondary N) is 1. The van der Waals surface area contributed by atoms with E-state index in [2.05, 4.69) is 23.2 Å². The minimum absolute atomic E-state index is 0.00945. The average molecular weight is 387 g/mol. The van der Waals surface area contributed by atoms with Crippen LogP contribution in [0.1, 0.15) is 35.3 Å². The fourth-order valence-corrected chi connectivity index (χ4v) is 4.35. The van der Waals surface area contributed by atoms with Crippen LogP contribution in [0.25, 0.3) is 10.9 Å². The van der Waals surface area contributed by atoms with E-state index in [9.17, 15) is 4.79 Å². The van der Waals surface area contributed by atoms with E-state index < -0.39 is 0 Å². The molecule has 5 heteroatoms. The van der Waals surface area contributed by atoms with E-state index in [1.54, 1.807) is 18.2 Å². The molecule has 1 atom stereocenters. The van der Waals surface area contributed by atoms with Crippen LogP contribution in [0.15, 0.2) is 48.5 Å². The molecular formula is C21H20Cl2N2O. The number of fused-ring (bicyclic) bond motifs is 1. The van der Waals surface area contributed by atoms with Gasteiger partial charge in [0, 0.05) is 45.8 Å². The maximum atomic E-state index is 13.1. The zero-order valence-electron chi connectivity index (χ0n) is 14.3. The van der Waals surface area contributed by atoms with Gasteiger partial charge in [-0.05, 0) is 55.0 Å². The van der Waals surface area contributed by atoms with Gasteiger partial charge in [-0.15, -0.1) is 0 Å². The van der Waals surface area contributed by atoms with Gasteiger partial charge in [-0.2, -0.15) is 0 Å². The number of benzene rings is 2. The summed E-state index contributed by atoms with van der Waals surface area (Å²) in [4.78, 5) is 18.5. The first kappa shape index (κ1) is 17.4. The van der Waals surface area contributed by atoms with Gasteiger partial charge in [-0.25, -0.2) is 0 Å². The van der Waals surface area contributed by atoms with Gasteiger partial charge in [0.05, 0.1) is 0 Å². The molecular weight excluding hydrogens is 367 g/mol. The Hall–Kier alpha value is -1.97. The third-order valence-corrected chi connectivity index (χ3v) is 5.48. The van der Waals surface area contributed by atoms with Crippen molar-refractivity contribution in [1.82, 2.24) is 9.88 Å². The average Bonchev–Trinajstić information content (AvgIpc) is 3.03. The lowest BCUT2D eigenvalue weighted by Crippen LogP contribution is -2.44. The van der Waals surface area contributed by atoms with E-state index in [0.29, 0.717) is 15.6 Å². The summed E-state index contributed by atoms with van der Waals surface area (Å²) >= 11 is 12.2.